The lowest BCUT2D eigenvalue weighted by Gasteiger charge is -2.17. The van der Waals surface area contributed by atoms with Gasteiger partial charge in [-0.1, -0.05) is 56.3 Å². The molecule has 2 amide bonds. The SMILES string of the molecule is CC(Oc1ccc(C(C)C)cc1)C(=O)Nc1ccccc1C(=O)Nc1ccc(Nc2ccccc2)cc1. The molecule has 1 atom stereocenters. The van der Waals surface area contributed by atoms with Gasteiger partial charge >= 0.3 is 0 Å². The molecule has 0 heterocycles. The molecule has 0 aliphatic heterocycles. The zero-order valence-corrected chi connectivity index (χ0v) is 21.2. The molecule has 3 N–H and O–H groups in total. The Morgan fingerprint density at radius 1 is 0.649 bits per heavy atom. The first-order valence-corrected chi connectivity index (χ1v) is 12.3. The third-order valence-electron chi connectivity index (χ3n) is 5.86. The predicted octanol–water partition coefficient (Wildman–Crippen LogP) is 7.21. The summed E-state index contributed by atoms with van der Waals surface area (Å²) in [5, 5.41) is 9.04. The number of benzene rings is 4. The first kappa shape index (κ1) is 25.5. The van der Waals surface area contributed by atoms with E-state index in [2.05, 4.69) is 29.8 Å². The van der Waals surface area contributed by atoms with Gasteiger partial charge in [0.2, 0.25) is 0 Å². The maximum atomic E-state index is 13.0. The van der Waals surface area contributed by atoms with E-state index in [0.717, 1.165) is 11.4 Å². The fraction of sp³-hybridized carbons (Fsp3) is 0.161. The van der Waals surface area contributed by atoms with Crippen molar-refractivity contribution >= 4 is 34.6 Å². The second-order valence-corrected chi connectivity index (χ2v) is 9.04. The van der Waals surface area contributed by atoms with Crippen molar-refractivity contribution in [1.29, 1.82) is 0 Å². The molecular weight excluding hydrogens is 462 g/mol. The number of ether oxygens (including phenoxy) is 1. The van der Waals surface area contributed by atoms with E-state index in [-0.39, 0.29) is 11.8 Å². The van der Waals surface area contributed by atoms with Crippen molar-refractivity contribution in [3.63, 3.8) is 0 Å². The van der Waals surface area contributed by atoms with Crippen LogP contribution in [0, 0.1) is 0 Å². The van der Waals surface area contributed by atoms with E-state index in [1.807, 2.05) is 78.9 Å². The summed E-state index contributed by atoms with van der Waals surface area (Å²) < 4.78 is 5.81. The van der Waals surface area contributed by atoms with Crippen molar-refractivity contribution in [2.45, 2.75) is 32.8 Å². The third kappa shape index (κ3) is 6.98. The van der Waals surface area contributed by atoms with Crippen LogP contribution in [0.25, 0.3) is 0 Å². The Balaban J connectivity index is 1.37. The Morgan fingerprint density at radius 3 is 1.92 bits per heavy atom. The predicted molar refractivity (Wildman–Crippen MR) is 150 cm³/mol. The minimum Gasteiger partial charge on any atom is -0.481 e. The van der Waals surface area contributed by atoms with Crippen LogP contribution >= 0.6 is 0 Å². The zero-order chi connectivity index (χ0) is 26.2. The molecule has 4 aromatic rings. The molecule has 0 radical (unpaired) electrons. The average Bonchev–Trinajstić information content (AvgIpc) is 2.91. The van der Waals surface area contributed by atoms with E-state index in [0.29, 0.717) is 28.6 Å². The molecule has 0 saturated carbocycles. The van der Waals surface area contributed by atoms with Crippen LogP contribution in [0.3, 0.4) is 0 Å². The minimum absolute atomic E-state index is 0.322. The quantitative estimate of drug-likeness (QED) is 0.230. The topological polar surface area (TPSA) is 79.5 Å². The van der Waals surface area contributed by atoms with Gasteiger partial charge < -0.3 is 20.7 Å². The maximum absolute atomic E-state index is 13.0. The van der Waals surface area contributed by atoms with E-state index in [1.54, 1.807) is 31.2 Å². The van der Waals surface area contributed by atoms with E-state index >= 15 is 0 Å². The lowest BCUT2D eigenvalue weighted by molar-refractivity contribution is -0.122. The minimum atomic E-state index is -0.745. The standard InChI is InChI=1S/C31H31N3O3/c1-21(2)23-13-19-27(20-14-23)37-22(3)30(35)34-29-12-8-7-11-28(29)31(36)33-26-17-15-25(16-18-26)32-24-9-5-4-6-10-24/h4-22,32H,1-3H3,(H,33,36)(H,34,35). The van der Waals surface area contributed by atoms with Crippen molar-refractivity contribution < 1.29 is 14.3 Å². The molecule has 6 nitrogen and oxygen atoms in total. The van der Waals surface area contributed by atoms with Gasteiger partial charge in [-0.2, -0.15) is 0 Å². The Kier molecular flexibility index (Phi) is 8.21. The van der Waals surface area contributed by atoms with Gasteiger partial charge in [0.1, 0.15) is 5.75 Å². The Morgan fingerprint density at radius 2 is 1.24 bits per heavy atom. The van der Waals surface area contributed by atoms with Crippen LogP contribution in [0.1, 0.15) is 42.6 Å². The summed E-state index contributed by atoms with van der Waals surface area (Å²) in [4.78, 5) is 25.9. The highest BCUT2D eigenvalue weighted by Crippen LogP contribution is 2.22. The highest BCUT2D eigenvalue weighted by atomic mass is 16.5. The van der Waals surface area contributed by atoms with Gasteiger partial charge in [-0.3, -0.25) is 9.59 Å². The van der Waals surface area contributed by atoms with Gasteiger partial charge in [-0.05, 0) is 79.1 Å². The molecule has 1 unspecified atom stereocenters. The maximum Gasteiger partial charge on any atom is 0.265 e. The molecule has 4 aromatic carbocycles. The lowest BCUT2D eigenvalue weighted by Crippen LogP contribution is -2.31. The van der Waals surface area contributed by atoms with Crippen molar-refractivity contribution in [1.82, 2.24) is 0 Å². The summed E-state index contributed by atoms with van der Waals surface area (Å²) >= 11 is 0. The van der Waals surface area contributed by atoms with E-state index < -0.39 is 6.10 Å². The van der Waals surface area contributed by atoms with Crippen LogP contribution in [0.2, 0.25) is 0 Å². The fourth-order valence-corrected chi connectivity index (χ4v) is 3.74. The zero-order valence-electron chi connectivity index (χ0n) is 21.2. The number of nitrogens with one attached hydrogen (secondary N) is 3. The largest absolute Gasteiger partial charge is 0.481 e. The monoisotopic (exact) mass is 493 g/mol. The second kappa shape index (κ2) is 11.9. The summed E-state index contributed by atoms with van der Waals surface area (Å²) in [5.41, 5.74) is 4.51. The molecule has 4 rings (SSSR count). The number of para-hydroxylation sites is 2. The number of rotatable bonds is 9. The van der Waals surface area contributed by atoms with Crippen LogP contribution in [0.15, 0.2) is 103 Å². The number of carbonyl (C=O) groups excluding carboxylic acids is 2. The number of carbonyl (C=O) groups is 2. The third-order valence-corrected chi connectivity index (χ3v) is 5.86. The van der Waals surface area contributed by atoms with Gasteiger partial charge in [0, 0.05) is 17.1 Å². The molecule has 0 aliphatic carbocycles. The number of anilines is 4. The van der Waals surface area contributed by atoms with Gasteiger partial charge in [0.15, 0.2) is 6.10 Å². The van der Waals surface area contributed by atoms with Crippen LogP contribution in [0.5, 0.6) is 5.75 Å². The summed E-state index contributed by atoms with van der Waals surface area (Å²) in [6.45, 7) is 5.93. The van der Waals surface area contributed by atoms with Crippen LogP contribution in [-0.4, -0.2) is 17.9 Å². The number of hydrogen-bond acceptors (Lipinski definition) is 4. The van der Waals surface area contributed by atoms with Crippen molar-refractivity contribution in [2.24, 2.45) is 0 Å². The lowest BCUT2D eigenvalue weighted by atomic mass is 10.0. The Bertz CT molecular complexity index is 1330. The molecule has 37 heavy (non-hydrogen) atoms. The summed E-state index contributed by atoms with van der Waals surface area (Å²) in [6, 6.07) is 31.9. The van der Waals surface area contributed by atoms with Crippen LogP contribution < -0.4 is 20.7 Å². The van der Waals surface area contributed by atoms with Gasteiger partial charge in [0.25, 0.3) is 11.8 Å². The first-order chi connectivity index (χ1) is 17.9. The van der Waals surface area contributed by atoms with E-state index in [9.17, 15) is 9.59 Å². The molecule has 6 heteroatoms. The van der Waals surface area contributed by atoms with Crippen molar-refractivity contribution in [2.75, 3.05) is 16.0 Å². The van der Waals surface area contributed by atoms with Gasteiger partial charge in [0.05, 0.1) is 11.3 Å². The summed E-state index contributed by atoms with van der Waals surface area (Å²) in [6.07, 6.45) is -0.745. The molecule has 0 fully saturated rings. The number of amides is 2. The van der Waals surface area contributed by atoms with Crippen LogP contribution in [-0.2, 0) is 4.79 Å². The molecule has 0 bridgehead atoms. The highest BCUT2D eigenvalue weighted by molar-refractivity contribution is 6.10. The normalized spacial score (nSPS) is 11.5. The molecule has 188 valence electrons. The molecule has 0 saturated heterocycles. The Labute approximate surface area is 217 Å². The molecule has 0 aliphatic rings. The second-order valence-electron chi connectivity index (χ2n) is 9.04. The van der Waals surface area contributed by atoms with E-state index in [4.69, 9.17) is 4.74 Å². The fourth-order valence-electron chi connectivity index (χ4n) is 3.74. The molecule has 0 spiro atoms. The smallest absolute Gasteiger partial charge is 0.265 e. The first-order valence-electron chi connectivity index (χ1n) is 12.3. The number of hydrogen-bond donors (Lipinski definition) is 3. The Hall–Kier alpha value is -4.58. The van der Waals surface area contributed by atoms with Crippen molar-refractivity contribution in [3.05, 3.63) is 114 Å². The highest BCUT2D eigenvalue weighted by Gasteiger charge is 2.19. The van der Waals surface area contributed by atoms with Gasteiger partial charge in [-0.15, -0.1) is 0 Å². The molecular formula is C31H31N3O3. The summed E-state index contributed by atoms with van der Waals surface area (Å²) in [5.74, 6) is 0.367. The average molecular weight is 494 g/mol. The van der Waals surface area contributed by atoms with Crippen molar-refractivity contribution in [3.8, 4) is 5.75 Å². The van der Waals surface area contributed by atoms with Crippen LogP contribution in [0.4, 0.5) is 22.7 Å². The van der Waals surface area contributed by atoms with Gasteiger partial charge in [-0.25, -0.2) is 0 Å². The van der Waals surface area contributed by atoms with E-state index in [1.165, 1.54) is 5.56 Å². The summed E-state index contributed by atoms with van der Waals surface area (Å²) in [7, 11) is 0. The molecule has 0 aromatic heterocycles.